The molecule has 0 aliphatic rings. The molecule has 0 spiro atoms. The molecule has 1 amide bonds. The van der Waals surface area contributed by atoms with Gasteiger partial charge in [-0.3, -0.25) is 14.5 Å². The number of carbonyl (C=O) groups is 1. The Morgan fingerprint density at radius 3 is 2.50 bits per heavy atom. The van der Waals surface area contributed by atoms with Crippen molar-refractivity contribution in [3.05, 3.63) is 59.4 Å². The molecule has 1 N–H and O–H groups in total. The molecule has 30 heavy (non-hydrogen) atoms. The second kappa shape index (κ2) is 10.6. The third-order valence-corrected chi connectivity index (χ3v) is 4.91. The van der Waals surface area contributed by atoms with Crippen LogP contribution in [0.4, 0.5) is 0 Å². The standard InChI is InChI=1S/C22H26N4O3S/c1-3-28-19-11-9-17(10-12-19)21-23-24-22(30)26(21)14-13-20(27)25(2)15-16-29-18-7-5-4-6-8-18/h4-12H,3,13-16H2,1-2H3,(H,24,30). The molecule has 8 heteroatoms. The molecule has 0 atom stereocenters. The van der Waals surface area contributed by atoms with Gasteiger partial charge < -0.3 is 14.4 Å². The van der Waals surface area contributed by atoms with E-state index in [4.69, 9.17) is 21.7 Å². The summed E-state index contributed by atoms with van der Waals surface area (Å²) in [4.78, 5) is 14.2. The smallest absolute Gasteiger partial charge is 0.224 e. The highest BCUT2D eigenvalue weighted by Gasteiger charge is 2.13. The van der Waals surface area contributed by atoms with E-state index >= 15 is 0 Å². The van der Waals surface area contributed by atoms with E-state index < -0.39 is 0 Å². The first kappa shape index (κ1) is 21.6. The summed E-state index contributed by atoms with van der Waals surface area (Å²) in [6, 6.07) is 17.2. The molecular weight excluding hydrogens is 400 g/mol. The molecule has 0 unspecified atom stereocenters. The number of ether oxygens (including phenoxy) is 2. The van der Waals surface area contributed by atoms with Gasteiger partial charge in [-0.15, -0.1) is 0 Å². The first-order valence-corrected chi connectivity index (χ1v) is 10.3. The van der Waals surface area contributed by atoms with Gasteiger partial charge in [-0.2, -0.15) is 5.10 Å². The Bertz CT molecular complexity index is 999. The number of rotatable bonds is 10. The summed E-state index contributed by atoms with van der Waals surface area (Å²) >= 11 is 5.36. The summed E-state index contributed by atoms with van der Waals surface area (Å²) < 4.78 is 13.5. The average Bonchev–Trinajstić information content (AvgIpc) is 3.13. The quantitative estimate of drug-likeness (QED) is 0.497. The first-order valence-electron chi connectivity index (χ1n) is 9.88. The number of aromatic nitrogens is 3. The zero-order chi connectivity index (χ0) is 21.3. The minimum Gasteiger partial charge on any atom is -0.494 e. The highest BCUT2D eigenvalue weighted by molar-refractivity contribution is 7.71. The van der Waals surface area contributed by atoms with Crippen LogP contribution in [0.3, 0.4) is 0 Å². The maximum absolute atomic E-state index is 12.5. The van der Waals surface area contributed by atoms with Gasteiger partial charge in [-0.1, -0.05) is 18.2 Å². The molecule has 158 valence electrons. The molecule has 0 saturated heterocycles. The van der Waals surface area contributed by atoms with Crippen molar-refractivity contribution in [2.45, 2.75) is 19.9 Å². The Morgan fingerprint density at radius 2 is 1.80 bits per heavy atom. The molecule has 2 aromatic carbocycles. The van der Waals surface area contributed by atoms with Crippen LogP contribution in [-0.4, -0.2) is 52.4 Å². The second-order valence-electron chi connectivity index (χ2n) is 6.69. The number of nitrogens with zero attached hydrogens (tertiary/aromatic N) is 3. The second-order valence-corrected chi connectivity index (χ2v) is 7.07. The summed E-state index contributed by atoms with van der Waals surface area (Å²) in [5.41, 5.74) is 0.905. The maximum atomic E-state index is 12.5. The van der Waals surface area contributed by atoms with Gasteiger partial charge in [0.1, 0.15) is 18.1 Å². The van der Waals surface area contributed by atoms with Gasteiger partial charge in [0, 0.05) is 25.6 Å². The van der Waals surface area contributed by atoms with Crippen LogP contribution in [0.15, 0.2) is 54.6 Å². The van der Waals surface area contributed by atoms with Crippen molar-refractivity contribution < 1.29 is 14.3 Å². The fourth-order valence-electron chi connectivity index (χ4n) is 2.95. The van der Waals surface area contributed by atoms with Crippen molar-refractivity contribution in [1.29, 1.82) is 0 Å². The van der Waals surface area contributed by atoms with Crippen LogP contribution in [0.2, 0.25) is 0 Å². The molecule has 7 nitrogen and oxygen atoms in total. The van der Waals surface area contributed by atoms with Crippen molar-refractivity contribution in [3.8, 4) is 22.9 Å². The molecule has 1 heterocycles. The SMILES string of the molecule is CCOc1ccc(-c2n[nH]c(=S)n2CCC(=O)N(C)CCOc2ccccc2)cc1. The van der Waals surface area contributed by atoms with Crippen molar-refractivity contribution in [1.82, 2.24) is 19.7 Å². The molecule has 0 aliphatic heterocycles. The Hall–Kier alpha value is -3.13. The van der Waals surface area contributed by atoms with Crippen LogP contribution >= 0.6 is 12.2 Å². The summed E-state index contributed by atoms with van der Waals surface area (Å²) in [7, 11) is 1.78. The van der Waals surface area contributed by atoms with E-state index in [2.05, 4.69) is 10.2 Å². The lowest BCUT2D eigenvalue weighted by Gasteiger charge is -2.18. The van der Waals surface area contributed by atoms with Crippen LogP contribution in [0.5, 0.6) is 11.5 Å². The lowest BCUT2D eigenvalue weighted by atomic mass is 10.2. The van der Waals surface area contributed by atoms with Crippen molar-refractivity contribution in [3.63, 3.8) is 0 Å². The van der Waals surface area contributed by atoms with E-state index in [1.807, 2.05) is 66.1 Å². The number of likely N-dealkylation sites (N-methyl/N-ethyl adjacent to an activating group) is 1. The van der Waals surface area contributed by atoms with Crippen LogP contribution < -0.4 is 9.47 Å². The fraction of sp³-hybridized carbons (Fsp3) is 0.318. The van der Waals surface area contributed by atoms with Gasteiger partial charge in [0.05, 0.1) is 13.2 Å². The third kappa shape index (κ3) is 5.70. The van der Waals surface area contributed by atoms with E-state index in [1.165, 1.54) is 0 Å². The van der Waals surface area contributed by atoms with E-state index in [1.54, 1.807) is 11.9 Å². The van der Waals surface area contributed by atoms with Gasteiger partial charge in [0.2, 0.25) is 5.91 Å². The number of hydrogen-bond acceptors (Lipinski definition) is 5. The molecule has 3 aromatic rings. The van der Waals surface area contributed by atoms with E-state index in [9.17, 15) is 4.79 Å². The number of carbonyl (C=O) groups excluding carboxylic acids is 1. The zero-order valence-corrected chi connectivity index (χ0v) is 18.0. The molecule has 3 rings (SSSR count). The van der Waals surface area contributed by atoms with E-state index in [0.717, 1.165) is 17.1 Å². The molecule has 0 radical (unpaired) electrons. The Labute approximate surface area is 181 Å². The van der Waals surface area contributed by atoms with Gasteiger partial charge in [-0.05, 0) is 55.5 Å². The molecule has 0 fully saturated rings. The number of hydrogen-bond donors (Lipinski definition) is 1. The average molecular weight is 427 g/mol. The number of nitrogens with one attached hydrogen (secondary N) is 1. The van der Waals surface area contributed by atoms with Gasteiger partial charge in [0.25, 0.3) is 0 Å². The predicted molar refractivity (Wildman–Crippen MR) is 118 cm³/mol. The monoisotopic (exact) mass is 426 g/mol. The van der Waals surface area contributed by atoms with Crippen LogP contribution in [0.1, 0.15) is 13.3 Å². The lowest BCUT2D eigenvalue weighted by Crippen LogP contribution is -2.31. The van der Waals surface area contributed by atoms with Gasteiger partial charge >= 0.3 is 0 Å². The highest BCUT2D eigenvalue weighted by atomic mass is 32.1. The minimum absolute atomic E-state index is 0.0207. The number of H-pyrrole nitrogens is 1. The summed E-state index contributed by atoms with van der Waals surface area (Å²) in [6.07, 6.45) is 0.319. The Kier molecular flexibility index (Phi) is 7.62. The van der Waals surface area contributed by atoms with Crippen molar-refractivity contribution in [2.75, 3.05) is 26.8 Å². The molecule has 0 saturated carbocycles. The number of amides is 1. The molecule has 0 bridgehead atoms. The number of benzene rings is 2. The molecule has 1 aromatic heterocycles. The maximum Gasteiger partial charge on any atom is 0.224 e. The third-order valence-electron chi connectivity index (χ3n) is 4.60. The number of para-hydroxylation sites is 1. The minimum atomic E-state index is 0.0207. The summed E-state index contributed by atoms with van der Waals surface area (Å²) in [5, 5.41) is 7.15. The van der Waals surface area contributed by atoms with E-state index in [-0.39, 0.29) is 5.91 Å². The first-order chi connectivity index (χ1) is 14.6. The molecular formula is C22H26N4O3S. The lowest BCUT2D eigenvalue weighted by molar-refractivity contribution is -0.130. The van der Waals surface area contributed by atoms with Crippen LogP contribution in [-0.2, 0) is 11.3 Å². The Morgan fingerprint density at radius 1 is 1.10 bits per heavy atom. The normalized spacial score (nSPS) is 10.6. The number of aromatic amines is 1. The van der Waals surface area contributed by atoms with Crippen molar-refractivity contribution in [2.24, 2.45) is 0 Å². The zero-order valence-electron chi connectivity index (χ0n) is 17.2. The van der Waals surface area contributed by atoms with Crippen LogP contribution in [0.25, 0.3) is 11.4 Å². The Balaban J connectivity index is 1.55. The van der Waals surface area contributed by atoms with Crippen LogP contribution in [0, 0.1) is 4.77 Å². The summed E-state index contributed by atoms with van der Waals surface area (Å²) in [5.74, 6) is 2.32. The summed E-state index contributed by atoms with van der Waals surface area (Å²) in [6.45, 7) is 3.95. The molecule has 0 aliphatic carbocycles. The topological polar surface area (TPSA) is 72.4 Å². The largest absolute Gasteiger partial charge is 0.494 e. The van der Waals surface area contributed by atoms with Gasteiger partial charge in [-0.25, -0.2) is 0 Å². The highest BCUT2D eigenvalue weighted by Crippen LogP contribution is 2.21. The fourth-order valence-corrected chi connectivity index (χ4v) is 3.18. The predicted octanol–water partition coefficient (Wildman–Crippen LogP) is 3.93. The van der Waals surface area contributed by atoms with Crippen molar-refractivity contribution >= 4 is 18.1 Å². The van der Waals surface area contributed by atoms with Gasteiger partial charge in [0.15, 0.2) is 10.6 Å². The van der Waals surface area contributed by atoms with E-state index in [0.29, 0.717) is 43.3 Å².